The normalized spacial score (nSPS) is 15.8. The van der Waals surface area contributed by atoms with Crippen LogP contribution in [0.2, 0.25) is 0 Å². The number of fused-ring (bicyclic) bond motifs is 1. The number of aryl methyl sites for hydroxylation is 1. The Hall–Kier alpha value is -3.02. The monoisotopic (exact) mass is 382 g/mol. The molecule has 28 heavy (non-hydrogen) atoms. The highest BCUT2D eigenvalue weighted by atomic mass is 16.5. The molecule has 0 spiro atoms. The summed E-state index contributed by atoms with van der Waals surface area (Å²) in [4.78, 5) is 26.1. The number of ether oxygens (including phenoxy) is 2. The number of nitrogens with two attached hydrogens (primary N) is 1. The Morgan fingerprint density at radius 2 is 1.93 bits per heavy atom. The molecule has 2 aromatic rings. The minimum Gasteiger partial charge on any atom is -0.462 e. The van der Waals surface area contributed by atoms with Gasteiger partial charge in [0.1, 0.15) is 11.3 Å². The molecule has 0 saturated heterocycles. The number of pyridine rings is 1. The van der Waals surface area contributed by atoms with Crippen LogP contribution in [-0.2, 0) is 22.5 Å². The third-order valence-corrected chi connectivity index (χ3v) is 4.90. The molecule has 0 fully saturated rings. The molecule has 0 amide bonds. The number of rotatable bonds is 6. The highest BCUT2D eigenvalue weighted by Crippen LogP contribution is 2.41. The highest BCUT2D eigenvalue weighted by molar-refractivity contribution is 5.92. The number of hydrogen-bond donors (Lipinski definition) is 1. The maximum Gasteiger partial charge on any atom is 0.340 e. The zero-order chi connectivity index (χ0) is 20.3. The van der Waals surface area contributed by atoms with E-state index in [-0.39, 0.29) is 23.6 Å². The third kappa shape index (κ3) is 3.42. The molecular weight excluding hydrogens is 356 g/mol. The summed E-state index contributed by atoms with van der Waals surface area (Å²) in [5.41, 5.74) is 8.26. The van der Waals surface area contributed by atoms with Gasteiger partial charge in [0, 0.05) is 18.3 Å². The summed E-state index contributed by atoms with van der Waals surface area (Å²) in [5.74, 6) is -0.807. The fourth-order valence-electron chi connectivity index (χ4n) is 3.71. The van der Waals surface area contributed by atoms with Crippen LogP contribution in [0.3, 0.4) is 0 Å². The Balaban J connectivity index is 2.29. The maximum absolute atomic E-state index is 13.4. The first-order valence-electron chi connectivity index (χ1n) is 9.69. The van der Waals surface area contributed by atoms with E-state index in [1.165, 1.54) is 0 Å². The number of aromatic nitrogens is 1. The molecule has 0 bridgehead atoms. The zero-order valence-electron chi connectivity index (χ0n) is 16.5. The molecule has 3 rings (SSSR count). The van der Waals surface area contributed by atoms with Crippen LogP contribution in [0.5, 0.6) is 5.75 Å². The van der Waals surface area contributed by atoms with Crippen molar-refractivity contribution in [3.63, 3.8) is 0 Å². The summed E-state index contributed by atoms with van der Waals surface area (Å²) in [6.45, 7) is 6.47. The van der Waals surface area contributed by atoms with Gasteiger partial charge in [0.25, 0.3) is 5.56 Å². The van der Waals surface area contributed by atoms with Gasteiger partial charge in [-0.05, 0) is 25.8 Å². The smallest absolute Gasteiger partial charge is 0.340 e. The molecule has 2 N–H and O–H groups in total. The number of carbonyl (C=O) groups is 1. The van der Waals surface area contributed by atoms with E-state index in [1.54, 1.807) is 11.5 Å². The molecule has 0 aliphatic carbocycles. The molecule has 1 aromatic heterocycles. The lowest BCUT2D eigenvalue weighted by atomic mass is 9.83. The minimum absolute atomic E-state index is 0.0177. The SMILES string of the molecule is CCCc1cc2c(c(=O)n1CC)C(c1ccccc1)C(C(=O)OCC)=C(N)O2. The van der Waals surface area contributed by atoms with Gasteiger partial charge in [-0.25, -0.2) is 4.79 Å². The van der Waals surface area contributed by atoms with Gasteiger partial charge in [-0.15, -0.1) is 0 Å². The van der Waals surface area contributed by atoms with Crippen LogP contribution in [-0.4, -0.2) is 17.1 Å². The summed E-state index contributed by atoms with van der Waals surface area (Å²) in [7, 11) is 0. The largest absolute Gasteiger partial charge is 0.462 e. The fraction of sp³-hybridized carbons (Fsp3) is 0.364. The van der Waals surface area contributed by atoms with E-state index in [2.05, 4.69) is 6.92 Å². The Kier molecular flexibility index (Phi) is 5.87. The fourth-order valence-corrected chi connectivity index (χ4v) is 3.71. The van der Waals surface area contributed by atoms with Crippen molar-refractivity contribution in [1.82, 2.24) is 4.57 Å². The summed E-state index contributed by atoms with van der Waals surface area (Å²) in [6, 6.07) is 11.2. The summed E-state index contributed by atoms with van der Waals surface area (Å²) in [5, 5.41) is 0. The zero-order valence-corrected chi connectivity index (χ0v) is 16.5. The number of nitrogens with zero attached hydrogens (tertiary/aromatic N) is 1. The van der Waals surface area contributed by atoms with Crippen molar-refractivity contribution in [3.05, 3.63) is 75.0 Å². The first-order chi connectivity index (χ1) is 13.5. The number of carbonyl (C=O) groups excluding carboxylic acids is 1. The van der Waals surface area contributed by atoms with E-state index >= 15 is 0 Å². The number of hydrogen-bond acceptors (Lipinski definition) is 5. The molecule has 0 saturated carbocycles. The van der Waals surface area contributed by atoms with Crippen LogP contribution in [0.1, 0.15) is 49.9 Å². The molecule has 6 heteroatoms. The molecule has 6 nitrogen and oxygen atoms in total. The van der Waals surface area contributed by atoms with E-state index < -0.39 is 11.9 Å². The second-order valence-electron chi connectivity index (χ2n) is 6.66. The number of esters is 1. The summed E-state index contributed by atoms with van der Waals surface area (Å²) in [6.07, 6.45) is 1.66. The van der Waals surface area contributed by atoms with Crippen molar-refractivity contribution >= 4 is 5.97 Å². The standard InChI is InChI=1S/C22H26N2O4/c1-4-10-15-13-16-18(21(25)24(15)5-2)17(14-11-8-7-9-12-14)19(20(23)28-16)22(26)27-6-3/h7-9,11-13,17H,4-6,10,23H2,1-3H3. The topological polar surface area (TPSA) is 83.5 Å². The highest BCUT2D eigenvalue weighted by Gasteiger charge is 2.38. The van der Waals surface area contributed by atoms with Crippen molar-refractivity contribution in [3.8, 4) is 5.75 Å². The third-order valence-electron chi connectivity index (χ3n) is 4.90. The predicted octanol–water partition coefficient (Wildman–Crippen LogP) is 3.08. The average Bonchev–Trinajstić information content (AvgIpc) is 2.68. The minimum atomic E-state index is -0.634. The van der Waals surface area contributed by atoms with Crippen LogP contribution in [0.25, 0.3) is 0 Å². The van der Waals surface area contributed by atoms with E-state index in [0.717, 1.165) is 24.1 Å². The lowest BCUT2D eigenvalue weighted by Crippen LogP contribution is -2.35. The van der Waals surface area contributed by atoms with E-state index in [0.29, 0.717) is 17.9 Å². The van der Waals surface area contributed by atoms with Gasteiger partial charge >= 0.3 is 5.97 Å². The van der Waals surface area contributed by atoms with Gasteiger partial charge in [0.05, 0.1) is 18.1 Å². The Morgan fingerprint density at radius 1 is 1.21 bits per heavy atom. The van der Waals surface area contributed by atoms with Crippen LogP contribution >= 0.6 is 0 Å². The van der Waals surface area contributed by atoms with Crippen LogP contribution < -0.4 is 16.0 Å². The quantitative estimate of drug-likeness (QED) is 0.776. The molecule has 1 unspecified atom stereocenters. The Morgan fingerprint density at radius 3 is 2.54 bits per heavy atom. The van der Waals surface area contributed by atoms with Crippen molar-refractivity contribution in [2.45, 2.75) is 46.1 Å². The molecule has 1 aliphatic rings. The van der Waals surface area contributed by atoms with Crippen molar-refractivity contribution in [2.75, 3.05) is 6.61 Å². The Labute approximate surface area is 164 Å². The van der Waals surface area contributed by atoms with E-state index in [4.69, 9.17) is 15.2 Å². The lowest BCUT2D eigenvalue weighted by molar-refractivity contribution is -0.139. The van der Waals surface area contributed by atoms with Crippen molar-refractivity contribution < 1.29 is 14.3 Å². The van der Waals surface area contributed by atoms with E-state index in [1.807, 2.05) is 43.3 Å². The van der Waals surface area contributed by atoms with Crippen LogP contribution in [0.4, 0.5) is 0 Å². The van der Waals surface area contributed by atoms with Crippen LogP contribution in [0.15, 0.2) is 52.6 Å². The molecule has 148 valence electrons. The van der Waals surface area contributed by atoms with Crippen molar-refractivity contribution in [2.24, 2.45) is 5.73 Å². The summed E-state index contributed by atoms with van der Waals surface area (Å²) < 4.78 is 12.7. The number of benzene rings is 1. The summed E-state index contributed by atoms with van der Waals surface area (Å²) >= 11 is 0. The molecular formula is C22H26N2O4. The predicted molar refractivity (Wildman–Crippen MR) is 107 cm³/mol. The van der Waals surface area contributed by atoms with Crippen molar-refractivity contribution in [1.29, 1.82) is 0 Å². The Bertz CT molecular complexity index is 960. The van der Waals surface area contributed by atoms with Gasteiger partial charge in [0.2, 0.25) is 5.88 Å². The molecule has 1 atom stereocenters. The second kappa shape index (κ2) is 8.33. The first kappa shape index (κ1) is 19.7. The van der Waals surface area contributed by atoms with E-state index in [9.17, 15) is 9.59 Å². The van der Waals surface area contributed by atoms with Gasteiger partial charge in [-0.1, -0.05) is 43.7 Å². The molecule has 1 aromatic carbocycles. The van der Waals surface area contributed by atoms with Gasteiger partial charge in [-0.2, -0.15) is 0 Å². The molecule has 2 heterocycles. The molecule has 1 aliphatic heterocycles. The first-order valence-corrected chi connectivity index (χ1v) is 9.69. The van der Waals surface area contributed by atoms with Crippen LogP contribution in [0, 0.1) is 0 Å². The lowest BCUT2D eigenvalue weighted by Gasteiger charge is -2.29. The second-order valence-corrected chi connectivity index (χ2v) is 6.66. The average molecular weight is 382 g/mol. The van der Waals surface area contributed by atoms with Gasteiger partial charge in [-0.3, -0.25) is 4.79 Å². The van der Waals surface area contributed by atoms with Gasteiger partial charge in [0.15, 0.2) is 0 Å². The maximum atomic E-state index is 13.4. The van der Waals surface area contributed by atoms with Gasteiger partial charge < -0.3 is 19.8 Å². The molecule has 0 radical (unpaired) electrons.